The van der Waals surface area contributed by atoms with Gasteiger partial charge in [-0.25, -0.2) is 0 Å². The Morgan fingerprint density at radius 1 is 1.30 bits per heavy atom. The van der Waals surface area contributed by atoms with E-state index in [0.29, 0.717) is 0 Å². The van der Waals surface area contributed by atoms with Gasteiger partial charge in [-0.1, -0.05) is 41.7 Å². The predicted molar refractivity (Wildman–Crippen MR) is 74.7 cm³/mol. The molecular weight excluding hydrogens is 280 g/mol. The number of carbonyl (C=O) groups is 1. The smallest absolute Gasteiger partial charge is 0.324 e. The number of aliphatic hydroxyl groups is 1. The number of rotatable bonds is 5. The van der Waals surface area contributed by atoms with Crippen molar-refractivity contribution in [1.29, 1.82) is 0 Å². The molecule has 0 saturated heterocycles. The molecular formula is C13H12N2O4S. The van der Waals surface area contributed by atoms with E-state index >= 15 is 0 Å². The van der Waals surface area contributed by atoms with Gasteiger partial charge in [0.2, 0.25) is 0 Å². The molecule has 0 bridgehead atoms. The maximum Gasteiger partial charge on any atom is 0.324 e. The van der Waals surface area contributed by atoms with Gasteiger partial charge >= 0.3 is 5.00 Å². The minimum absolute atomic E-state index is 0.0876. The monoisotopic (exact) mass is 292 g/mol. The number of carbonyl (C=O) groups excluding carboxylic acids is 1. The van der Waals surface area contributed by atoms with Crippen molar-refractivity contribution in [2.45, 2.75) is 6.04 Å². The van der Waals surface area contributed by atoms with E-state index in [1.165, 1.54) is 12.1 Å². The summed E-state index contributed by atoms with van der Waals surface area (Å²) in [6.45, 7) is -0.247. The molecule has 20 heavy (non-hydrogen) atoms. The van der Waals surface area contributed by atoms with E-state index in [0.717, 1.165) is 16.9 Å². The van der Waals surface area contributed by atoms with E-state index in [1.54, 1.807) is 24.3 Å². The topological polar surface area (TPSA) is 92.5 Å². The molecule has 1 heterocycles. The predicted octanol–water partition coefficient (Wildman–Crippen LogP) is 2.12. The van der Waals surface area contributed by atoms with Crippen molar-refractivity contribution in [2.75, 3.05) is 6.61 Å². The number of amides is 1. The van der Waals surface area contributed by atoms with Crippen molar-refractivity contribution in [1.82, 2.24) is 5.32 Å². The molecule has 0 aliphatic heterocycles. The quantitative estimate of drug-likeness (QED) is 0.652. The van der Waals surface area contributed by atoms with Crippen molar-refractivity contribution < 1.29 is 14.8 Å². The van der Waals surface area contributed by atoms with Gasteiger partial charge in [0, 0.05) is 6.07 Å². The molecule has 104 valence electrons. The number of hydrogen-bond donors (Lipinski definition) is 2. The number of nitro groups is 1. The van der Waals surface area contributed by atoms with Crippen LogP contribution in [0, 0.1) is 10.1 Å². The third-order valence-electron chi connectivity index (χ3n) is 2.69. The molecule has 1 aromatic carbocycles. The van der Waals surface area contributed by atoms with Gasteiger partial charge in [-0.05, 0) is 11.6 Å². The van der Waals surface area contributed by atoms with Crippen LogP contribution in [0.1, 0.15) is 21.3 Å². The third kappa shape index (κ3) is 3.19. The molecule has 0 saturated carbocycles. The van der Waals surface area contributed by atoms with Gasteiger partial charge in [-0.3, -0.25) is 14.9 Å². The summed E-state index contributed by atoms with van der Waals surface area (Å²) in [6, 6.07) is 11.2. The molecule has 2 N–H and O–H groups in total. The van der Waals surface area contributed by atoms with Gasteiger partial charge in [-0.15, -0.1) is 0 Å². The zero-order chi connectivity index (χ0) is 14.5. The number of aliphatic hydroxyl groups excluding tert-OH is 1. The van der Waals surface area contributed by atoms with Crippen molar-refractivity contribution in [3.63, 3.8) is 0 Å². The molecule has 6 nitrogen and oxygen atoms in total. The summed E-state index contributed by atoms with van der Waals surface area (Å²) in [4.78, 5) is 22.3. The lowest BCUT2D eigenvalue weighted by molar-refractivity contribution is -0.380. The Balaban J connectivity index is 2.11. The molecule has 1 atom stereocenters. The Morgan fingerprint density at radius 2 is 2.00 bits per heavy atom. The molecule has 0 spiro atoms. The summed E-state index contributed by atoms with van der Waals surface area (Å²) in [5, 5.41) is 22.5. The van der Waals surface area contributed by atoms with Crippen LogP contribution in [0.25, 0.3) is 0 Å². The summed E-state index contributed by atoms with van der Waals surface area (Å²) in [5.41, 5.74) is 0.773. The zero-order valence-electron chi connectivity index (χ0n) is 10.4. The maximum atomic E-state index is 12.0. The normalized spacial score (nSPS) is 11.8. The Kier molecular flexibility index (Phi) is 4.44. The maximum absolute atomic E-state index is 12.0. The molecule has 0 aliphatic carbocycles. The van der Waals surface area contributed by atoms with Crippen LogP contribution in [0.3, 0.4) is 0 Å². The number of nitrogens with one attached hydrogen (secondary N) is 1. The van der Waals surface area contributed by atoms with Crippen molar-refractivity contribution in [2.24, 2.45) is 0 Å². The Hall–Kier alpha value is -2.25. The van der Waals surface area contributed by atoms with E-state index in [9.17, 15) is 20.0 Å². The van der Waals surface area contributed by atoms with Gasteiger partial charge in [-0.2, -0.15) is 0 Å². The Morgan fingerprint density at radius 3 is 2.55 bits per heavy atom. The second-order valence-electron chi connectivity index (χ2n) is 4.01. The summed E-state index contributed by atoms with van der Waals surface area (Å²) in [6.07, 6.45) is 0. The molecule has 1 aromatic heterocycles. The molecule has 1 amide bonds. The van der Waals surface area contributed by atoms with E-state index in [2.05, 4.69) is 5.32 Å². The van der Waals surface area contributed by atoms with Crippen molar-refractivity contribution in [3.8, 4) is 0 Å². The number of hydrogen-bond acceptors (Lipinski definition) is 5. The third-order valence-corrected chi connectivity index (χ3v) is 3.72. The fraction of sp³-hybridized carbons (Fsp3) is 0.154. The summed E-state index contributed by atoms with van der Waals surface area (Å²) < 4.78 is 0. The number of thiophene rings is 1. The van der Waals surface area contributed by atoms with Crippen LogP contribution >= 0.6 is 11.3 Å². The first kappa shape index (κ1) is 14.2. The van der Waals surface area contributed by atoms with Gasteiger partial charge in [0.05, 0.1) is 22.4 Å². The first-order valence-corrected chi connectivity index (χ1v) is 6.64. The SMILES string of the molecule is O=C(N[C@H](CO)c1ccccc1)c1ccc([N+](=O)[O-])s1. The van der Waals surface area contributed by atoms with Gasteiger partial charge < -0.3 is 10.4 Å². The minimum Gasteiger partial charge on any atom is -0.394 e. The Bertz CT molecular complexity index is 612. The fourth-order valence-corrected chi connectivity index (χ4v) is 2.42. The molecule has 7 heteroatoms. The van der Waals surface area contributed by atoms with Crippen LogP contribution < -0.4 is 5.32 Å². The van der Waals surface area contributed by atoms with Gasteiger partial charge in [0.25, 0.3) is 5.91 Å². The second-order valence-corrected chi connectivity index (χ2v) is 5.08. The molecule has 0 aliphatic rings. The second kappa shape index (κ2) is 6.27. The van der Waals surface area contributed by atoms with E-state index < -0.39 is 16.9 Å². The van der Waals surface area contributed by atoms with Crippen LogP contribution in [-0.4, -0.2) is 22.5 Å². The highest BCUT2D eigenvalue weighted by Crippen LogP contribution is 2.24. The first-order valence-electron chi connectivity index (χ1n) is 5.82. The van der Waals surface area contributed by atoms with Crippen molar-refractivity contribution in [3.05, 3.63) is 63.0 Å². The Labute approximate surface area is 118 Å². The lowest BCUT2D eigenvalue weighted by atomic mass is 10.1. The average molecular weight is 292 g/mol. The zero-order valence-corrected chi connectivity index (χ0v) is 11.2. The highest BCUT2D eigenvalue weighted by Gasteiger charge is 2.18. The number of benzene rings is 1. The van der Waals surface area contributed by atoms with E-state index in [4.69, 9.17) is 0 Å². The van der Waals surface area contributed by atoms with Crippen LogP contribution in [-0.2, 0) is 0 Å². The standard InChI is InChI=1S/C13H12N2O4S/c16-8-10(9-4-2-1-3-5-9)14-13(17)11-6-7-12(20-11)15(18)19/h1-7,10,16H,8H2,(H,14,17)/t10-/m1/s1. The van der Waals surface area contributed by atoms with Gasteiger partial charge in [0.1, 0.15) is 0 Å². The van der Waals surface area contributed by atoms with Crippen LogP contribution in [0.5, 0.6) is 0 Å². The lowest BCUT2D eigenvalue weighted by Crippen LogP contribution is -2.30. The molecule has 0 fully saturated rings. The van der Waals surface area contributed by atoms with E-state index in [-0.39, 0.29) is 16.5 Å². The van der Waals surface area contributed by atoms with Crippen LogP contribution in [0.4, 0.5) is 5.00 Å². The minimum atomic E-state index is -0.540. The molecule has 2 rings (SSSR count). The van der Waals surface area contributed by atoms with Gasteiger partial charge in [0.15, 0.2) is 0 Å². The fourth-order valence-electron chi connectivity index (χ4n) is 1.70. The van der Waals surface area contributed by atoms with E-state index in [1.807, 2.05) is 6.07 Å². The molecule has 0 radical (unpaired) electrons. The van der Waals surface area contributed by atoms with Crippen molar-refractivity contribution >= 4 is 22.2 Å². The molecule has 2 aromatic rings. The summed E-state index contributed by atoms with van der Waals surface area (Å²) >= 11 is 0.804. The highest BCUT2D eigenvalue weighted by atomic mass is 32.1. The lowest BCUT2D eigenvalue weighted by Gasteiger charge is -2.15. The number of nitrogens with zero attached hydrogens (tertiary/aromatic N) is 1. The summed E-state index contributed by atoms with van der Waals surface area (Å²) in [5.74, 6) is -0.439. The first-order chi connectivity index (χ1) is 9.61. The largest absolute Gasteiger partial charge is 0.394 e. The summed E-state index contributed by atoms with van der Waals surface area (Å²) in [7, 11) is 0. The van der Waals surface area contributed by atoms with Crippen LogP contribution in [0.2, 0.25) is 0 Å². The van der Waals surface area contributed by atoms with Crippen LogP contribution in [0.15, 0.2) is 42.5 Å². The highest BCUT2D eigenvalue weighted by molar-refractivity contribution is 7.17. The average Bonchev–Trinajstić information content (AvgIpc) is 2.95. The molecule has 0 unspecified atom stereocenters.